The maximum atomic E-state index is 12.9. The van der Waals surface area contributed by atoms with Gasteiger partial charge in [0.1, 0.15) is 10.6 Å². The molecule has 0 bridgehead atoms. The van der Waals surface area contributed by atoms with Crippen molar-refractivity contribution in [3.8, 4) is 0 Å². The van der Waals surface area contributed by atoms with Crippen molar-refractivity contribution >= 4 is 16.0 Å². The van der Waals surface area contributed by atoms with E-state index < -0.39 is 16.0 Å². The molecule has 0 atom stereocenters. The Morgan fingerprint density at radius 2 is 1.91 bits per heavy atom. The first-order valence-electron chi connectivity index (χ1n) is 7.53. The smallest absolute Gasteiger partial charge is 0.354 e. The van der Waals surface area contributed by atoms with E-state index in [4.69, 9.17) is 4.74 Å². The van der Waals surface area contributed by atoms with Crippen LogP contribution < -0.4 is 0 Å². The van der Waals surface area contributed by atoms with E-state index in [0.717, 1.165) is 25.7 Å². The van der Waals surface area contributed by atoms with Gasteiger partial charge in [0.25, 0.3) is 0 Å². The number of methoxy groups -OCH3 is 1. The topological polar surface area (TPSA) is 68.6 Å². The van der Waals surface area contributed by atoms with Crippen molar-refractivity contribution in [1.82, 2.24) is 8.87 Å². The van der Waals surface area contributed by atoms with Gasteiger partial charge in [0.2, 0.25) is 10.0 Å². The van der Waals surface area contributed by atoms with Crippen LogP contribution in [0.5, 0.6) is 0 Å². The standard InChI is InChI=1S/C15H24N2O4S/c1-11-14(10-13(16(11)2)15(18)21-4)22(19,20)17(3)12-8-6-5-7-9-12/h10,12H,5-9H2,1-4H3. The lowest BCUT2D eigenvalue weighted by Crippen LogP contribution is -2.38. The zero-order valence-corrected chi connectivity index (χ0v) is 14.4. The largest absolute Gasteiger partial charge is 0.464 e. The molecule has 0 amide bonds. The second-order valence-corrected chi connectivity index (χ2v) is 7.81. The summed E-state index contributed by atoms with van der Waals surface area (Å²) < 4.78 is 33.5. The number of ether oxygens (including phenoxy) is 1. The third kappa shape index (κ3) is 2.92. The molecule has 1 aliphatic rings. The van der Waals surface area contributed by atoms with Crippen LogP contribution in [0.4, 0.5) is 0 Å². The first-order valence-corrected chi connectivity index (χ1v) is 8.97. The molecule has 0 spiro atoms. The maximum Gasteiger partial charge on any atom is 0.354 e. The highest BCUT2D eigenvalue weighted by molar-refractivity contribution is 7.89. The molecule has 124 valence electrons. The number of esters is 1. The highest BCUT2D eigenvalue weighted by Crippen LogP contribution is 2.29. The molecule has 7 heteroatoms. The Hall–Kier alpha value is -1.34. The van der Waals surface area contributed by atoms with Crippen molar-refractivity contribution in [2.24, 2.45) is 7.05 Å². The van der Waals surface area contributed by atoms with Crippen LogP contribution in [0, 0.1) is 6.92 Å². The third-order valence-electron chi connectivity index (χ3n) is 4.63. The molecule has 0 radical (unpaired) electrons. The molecule has 1 heterocycles. The maximum absolute atomic E-state index is 12.9. The van der Waals surface area contributed by atoms with Gasteiger partial charge in [0, 0.05) is 25.8 Å². The first-order chi connectivity index (χ1) is 10.3. The number of carbonyl (C=O) groups excluding carboxylic acids is 1. The van der Waals surface area contributed by atoms with Crippen molar-refractivity contribution in [2.75, 3.05) is 14.2 Å². The molecule has 0 unspecified atom stereocenters. The zero-order chi connectivity index (χ0) is 16.5. The molecule has 0 N–H and O–H groups in total. The number of hydrogen-bond donors (Lipinski definition) is 0. The number of carbonyl (C=O) groups is 1. The van der Waals surface area contributed by atoms with Crippen LogP contribution in [0.1, 0.15) is 48.3 Å². The number of sulfonamides is 1. The van der Waals surface area contributed by atoms with E-state index >= 15 is 0 Å². The summed E-state index contributed by atoms with van der Waals surface area (Å²) in [5.41, 5.74) is 0.790. The lowest BCUT2D eigenvalue weighted by Gasteiger charge is -2.30. The van der Waals surface area contributed by atoms with E-state index in [1.807, 2.05) is 0 Å². The first kappa shape index (κ1) is 17.0. The number of rotatable bonds is 4. The van der Waals surface area contributed by atoms with Crippen molar-refractivity contribution in [2.45, 2.75) is 50.0 Å². The van der Waals surface area contributed by atoms with Gasteiger partial charge in [-0.1, -0.05) is 19.3 Å². The molecular formula is C15H24N2O4S. The van der Waals surface area contributed by atoms with Gasteiger partial charge in [0.05, 0.1) is 7.11 Å². The van der Waals surface area contributed by atoms with E-state index in [-0.39, 0.29) is 16.6 Å². The molecule has 22 heavy (non-hydrogen) atoms. The minimum absolute atomic E-state index is 0.0416. The summed E-state index contributed by atoms with van der Waals surface area (Å²) >= 11 is 0. The van der Waals surface area contributed by atoms with Crippen LogP contribution in [0.25, 0.3) is 0 Å². The molecule has 1 aromatic rings. The van der Waals surface area contributed by atoms with Gasteiger partial charge in [-0.05, 0) is 25.8 Å². The summed E-state index contributed by atoms with van der Waals surface area (Å²) in [6, 6.07) is 1.45. The SMILES string of the molecule is COC(=O)c1cc(S(=O)(=O)N(C)C2CCCCC2)c(C)n1C. The van der Waals surface area contributed by atoms with Crippen LogP contribution in [-0.4, -0.2) is 43.5 Å². The Morgan fingerprint density at radius 1 is 1.32 bits per heavy atom. The van der Waals surface area contributed by atoms with Crippen LogP contribution in [-0.2, 0) is 21.8 Å². The summed E-state index contributed by atoms with van der Waals surface area (Å²) in [7, 11) is 0.979. The Bertz CT molecular complexity index is 657. The van der Waals surface area contributed by atoms with Gasteiger partial charge in [-0.25, -0.2) is 13.2 Å². The normalized spacial score (nSPS) is 17.0. The third-order valence-corrected chi connectivity index (χ3v) is 6.65. The number of aromatic nitrogens is 1. The summed E-state index contributed by atoms with van der Waals surface area (Å²) in [5.74, 6) is -0.535. The van der Waals surface area contributed by atoms with Gasteiger partial charge in [-0.15, -0.1) is 0 Å². The Kier molecular flexibility index (Phi) is 4.97. The predicted molar refractivity (Wildman–Crippen MR) is 83.3 cm³/mol. The number of hydrogen-bond acceptors (Lipinski definition) is 4. The fourth-order valence-electron chi connectivity index (χ4n) is 3.03. The molecule has 2 rings (SSSR count). The summed E-state index contributed by atoms with van der Waals surface area (Å²) in [6.07, 6.45) is 5.08. The van der Waals surface area contributed by atoms with Gasteiger partial charge in [-0.2, -0.15) is 4.31 Å². The number of nitrogens with zero attached hydrogens (tertiary/aromatic N) is 2. The van der Waals surface area contributed by atoms with E-state index in [0.29, 0.717) is 5.69 Å². The van der Waals surface area contributed by atoms with Crippen LogP contribution >= 0.6 is 0 Å². The average Bonchev–Trinajstić information content (AvgIpc) is 2.83. The van der Waals surface area contributed by atoms with E-state index in [9.17, 15) is 13.2 Å². The van der Waals surface area contributed by atoms with Crippen molar-refractivity contribution < 1.29 is 17.9 Å². The highest BCUT2D eigenvalue weighted by Gasteiger charge is 2.32. The second kappa shape index (κ2) is 6.42. The molecular weight excluding hydrogens is 304 g/mol. The van der Waals surface area contributed by atoms with E-state index in [1.165, 1.54) is 23.9 Å². The Morgan fingerprint density at radius 3 is 2.45 bits per heavy atom. The van der Waals surface area contributed by atoms with Crippen LogP contribution in [0.3, 0.4) is 0 Å². The molecule has 0 aliphatic heterocycles. The summed E-state index contributed by atoms with van der Waals surface area (Å²) in [5, 5.41) is 0. The molecule has 0 aromatic carbocycles. The summed E-state index contributed by atoms with van der Waals surface area (Å²) in [4.78, 5) is 11.9. The molecule has 1 aromatic heterocycles. The quantitative estimate of drug-likeness (QED) is 0.794. The minimum Gasteiger partial charge on any atom is -0.464 e. The molecule has 1 fully saturated rings. The van der Waals surface area contributed by atoms with Crippen LogP contribution in [0.15, 0.2) is 11.0 Å². The fourth-order valence-corrected chi connectivity index (χ4v) is 4.71. The van der Waals surface area contributed by atoms with E-state index in [2.05, 4.69) is 0 Å². The van der Waals surface area contributed by atoms with Gasteiger partial charge in [0.15, 0.2) is 0 Å². The van der Waals surface area contributed by atoms with Crippen molar-refractivity contribution in [3.63, 3.8) is 0 Å². The molecule has 1 aliphatic carbocycles. The monoisotopic (exact) mass is 328 g/mol. The summed E-state index contributed by atoms with van der Waals surface area (Å²) in [6.45, 7) is 1.70. The molecule has 6 nitrogen and oxygen atoms in total. The highest BCUT2D eigenvalue weighted by atomic mass is 32.2. The van der Waals surface area contributed by atoms with Crippen molar-refractivity contribution in [3.05, 3.63) is 17.5 Å². The van der Waals surface area contributed by atoms with Crippen LogP contribution in [0.2, 0.25) is 0 Å². The van der Waals surface area contributed by atoms with Gasteiger partial charge < -0.3 is 9.30 Å². The lowest BCUT2D eigenvalue weighted by molar-refractivity contribution is 0.0589. The Labute approximate surface area is 132 Å². The Balaban J connectivity index is 2.39. The zero-order valence-electron chi connectivity index (χ0n) is 13.6. The van der Waals surface area contributed by atoms with Gasteiger partial charge in [-0.3, -0.25) is 0 Å². The average molecular weight is 328 g/mol. The second-order valence-electron chi connectivity index (χ2n) is 5.84. The molecule has 0 saturated heterocycles. The predicted octanol–water partition coefficient (Wildman–Crippen LogP) is 2.07. The van der Waals surface area contributed by atoms with E-state index in [1.54, 1.807) is 25.6 Å². The van der Waals surface area contributed by atoms with Crippen molar-refractivity contribution in [1.29, 1.82) is 0 Å². The fraction of sp³-hybridized carbons (Fsp3) is 0.667. The molecule has 1 saturated carbocycles. The lowest BCUT2D eigenvalue weighted by atomic mass is 9.96. The minimum atomic E-state index is -3.61. The van der Waals surface area contributed by atoms with Gasteiger partial charge >= 0.3 is 5.97 Å².